The van der Waals surface area contributed by atoms with E-state index in [1.807, 2.05) is 31.2 Å². The zero-order valence-electron chi connectivity index (χ0n) is 12.2. The van der Waals surface area contributed by atoms with E-state index in [4.69, 9.17) is 4.74 Å². The third kappa shape index (κ3) is 5.75. The van der Waals surface area contributed by atoms with E-state index in [2.05, 4.69) is 24.5 Å². The molecule has 0 aliphatic rings. The van der Waals surface area contributed by atoms with Crippen LogP contribution in [0.25, 0.3) is 0 Å². The molecule has 0 fully saturated rings. The first kappa shape index (κ1) is 15.5. The summed E-state index contributed by atoms with van der Waals surface area (Å²) in [6, 6.07) is 8.16. The van der Waals surface area contributed by atoms with Gasteiger partial charge in [0, 0.05) is 19.0 Å². The van der Waals surface area contributed by atoms with Gasteiger partial charge in [-0.15, -0.1) is 0 Å². The largest absolute Gasteiger partial charge is 0.497 e. The number of carbonyl (C=O) groups excluding carboxylic acids is 1. The Kier molecular flexibility index (Phi) is 6.36. The number of rotatable bonds is 7. The molecule has 0 radical (unpaired) electrons. The quantitative estimate of drug-likeness (QED) is 0.794. The molecule has 0 saturated carbocycles. The SMILES string of the molecule is COc1ccc([C@@H](C)NC(=O)CCNC(C)C)cc1. The van der Waals surface area contributed by atoms with Crippen LogP contribution in [0.3, 0.4) is 0 Å². The van der Waals surface area contributed by atoms with E-state index in [1.54, 1.807) is 7.11 Å². The summed E-state index contributed by atoms with van der Waals surface area (Å²) in [6.07, 6.45) is 0.499. The van der Waals surface area contributed by atoms with Crippen LogP contribution in [0.5, 0.6) is 5.75 Å². The van der Waals surface area contributed by atoms with Crippen LogP contribution >= 0.6 is 0 Å². The Hall–Kier alpha value is -1.55. The number of carbonyl (C=O) groups is 1. The van der Waals surface area contributed by atoms with Gasteiger partial charge in [0.2, 0.25) is 5.91 Å². The van der Waals surface area contributed by atoms with Gasteiger partial charge < -0.3 is 15.4 Å². The summed E-state index contributed by atoms with van der Waals surface area (Å²) in [6.45, 7) is 6.82. The van der Waals surface area contributed by atoms with Gasteiger partial charge in [-0.25, -0.2) is 0 Å². The Bertz CT molecular complexity index is 388. The molecule has 0 bridgehead atoms. The molecule has 2 N–H and O–H groups in total. The van der Waals surface area contributed by atoms with Gasteiger partial charge >= 0.3 is 0 Å². The lowest BCUT2D eigenvalue weighted by Crippen LogP contribution is -2.31. The minimum absolute atomic E-state index is 0.0115. The normalized spacial score (nSPS) is 12.3. The lowest BCUT2D eigenvalue weighted by molar-refractivity contribution is -0.121. The highest BCUT2D eigenvalue weighted by Gasteiger charge is 2.09. The van der Waals surface area contributed by atoms with E-state index in [1.165, 1.54) is 0 Å². The second kappa shape index (κ2) is 7.79. The Morgan fingerprint density at radius 2 is 1.84 bits per heavy atom. The molecule has 4 heteroatoms. The maximum atomic E-state index is 11.8. The molecule has 1 aromatic carbocycles. The third-order valence-electron chi connectivity index (χ3n) is 2.90. The smallest absolute Gasteiger partial charge is 0.221 e. The van der Waals surface area contributed by atoms with Gasteiger partial charge in [0.1, 0.15) is 5.75 Å². The van der Waals surface area contributed by atoms with Crippen LogP contribution in [-0.4, -0.2) is 25.6 Å². The third-order valence-corrected chi connectivity index (χ3v) is 2.90. The van der Waals surface area contributed by atoms with E-state index in [0.29, 0.717) is 19.0 Å². The Balaban J connectivity index is 2.40. The minimum atomic E-state index is 0.0115. The van der Waals surface area contributed by atoms with Crippen molar-refractivity contribution in [3.05, 3.63) is 29.8 Å². The molecular formula is C15H24N2O2. The van der Waals surface area contributed by atoms with E-state index in [9.17, 15) is 4.79 Å². The van der Waals surface area contributed by atoms with E-state index in [0.717, 1.165) is 11.3 Å². The molecule has 1 atom stereocenters. The van der Waals surface area contributed by atoms with Crippen molar-refractivity contribution in [1.29, 1.82) is 0 Å². The summed E-state index contributed by atoms with van der Waals surface area (Å²) in [7, 11) is 1.64. The minimum Gasteiger partial charge on any atom is -0.497 e. The monoisotopic (exact) mass is 264 g/mol. The topological polar surface area (TPSA) is 50.4 Å². The van der Waals surface area contributed by atoms with Crippen molar-refractivity contribution in [2.24, 2.45) is 0 Å². The fraction of sp³-hybridized carbons (Fsp3) is 0.533. The molecule has 0 aliphatic heterocycles. The highest BCUT2D eigenvalue weighted by Crippen LogP contribution is 2.17. The van der Waals surface area contributed by atoms with Gasteiger partial charge in [0.25, 0.3) is 0 Å². The number of hydrogen-bond acceptors (Lipinski definition) is 3. The van der Waals surface area contributed by atoms with Gasteiger partial charge in [-0.3, -0.25) is 4.79 Å². The van der Waals surface area contributed by atoms with E-state index >= 15 is 0 Å². The fourth-order valence-electron chi connectivity index (χ4n) is 1.76. The molecule has 1 aromatic rings. The van der Waals surface area contributed by atoms with E-state index in [-0.39, 0.29) is 11.9 Å². The maximum Gasteiger partial charge on any atom is 0.221 e. The highest BCUT2D eigenvalue weighted by atomic mass is 16.5. The van der Waals surface area contributed by atoms with Crippen LogP contribution in [0, 0.1) is 0 Å². The molecule has 4 nitrogen and oxygen atoms in total. The molecule has 1 rings (SSSR count). The zero-order valence-corrected chi connectivity index (χ0v) is 12.2. The lowest BCUT2D eigenvalue weighted by atomic mass is 10.1. The Labute approximate surface area is 115 Å². The van der Waals surface area contributed by atoms with Gasteiger partial charge in [-0.05, 0) is 24.6 Å². The number of ether oxygens (including phenoxy) is 1. The van der Waals surface area contributed by atoms with Crippen molar-refractivity contribution in [2.75, 3.05) is 13.7 Å². The van der Waals surface area contributed by atoms with Gasteiger partial charge in [0.15, 0.2) is 0 Å². The fourth-order valence-corrected chi connectivity index (χ4v) is 1.76. The summed E-state index contributed by atoms with van der Waals surface area (Å²) in [5.41, 5.74) is 1.07. The molecule has 1 amide bonds. The average Bonchev–Trinajstić information content (AvgIpc) is 2.38. The van der Waals surface area contributed by atoms with Crippen LogP contribution in [0.2, 0.25) is 0 Å². The van der Waals surface area contributed by atoms with Crippen molar-refractivity contribution < 1.29 is 9.53 Å². The molecule has 106 valence electrons. The molecule has 0 saturated heterocycles. The molecular weight excluding hydrogens is 240 g/mol. The number of benzene rings is 1. The summed E-state index contributed by atoms with van der Waals surface area (Å²) in [4.78, 5) is 11.8. The average molecular weight is 264 g/mol. The predicted molar refractivity (Wildman–Crippen MR) is 77.3 cm³/mol. The number of nitrogens with one attached hydrogen (secondary N) is 2. The highest BCUT2D eigenvalue weighted by molar-refractivity contribution is 5.76. The van der Waals surface area contributed by atoms with Crippen molar-refractivity contribution in [2.45, 2.75) is 39.3 Å². The number of hydrogen-bond donors (Lipinski definition) is 2. The van der Waals surface area contributed by atoms with Crippen LogP contribution in [0.4, 0.5) is 0 Å². The maximum absolute atomic E-state index is 11.8. The van der Waals surface area contributed by atoms with Gasteiger partial charge in [-0.2, -0.15) is 0 Å². The van der Waals surface area contributed by atoms with Crippen LogP contribution in [0.15, 0.2) is 24.3 Å². The van der Waals surface area contributed by atoms with Gasteiger partial charge in [0.05, 0.1) is 13.2 Å². The predicted octanol–water partition coefficient (Wildman–Crippen LogP) is 2.26. The second-order valence-electron chi connectivity index (χ2n) is 4.92. The first-order chi connectivity index (χ1) is 9.02. The van der Waals surface area contributed by atoms with Crippen LogP contribution in [0.1, 0.15) is 38.8 Å². The van der Waals surface area contributed by atoms with Crippen molar-refractivity contribution in [1.82, 2.24) is 10.6 Å². The number of methoxy groups -OCH3 is 1. The molecule has 0 heterocycles. The molecule has 19 heavy (non-hydrogen) atoms. The number of amides is 1. The second-order valence-corrected chi connectivity index (χ2v) is 4.92. The van der Waals surface area contributed by atoms with Crippen LogP contribution in [-0.2, 0) is 4.79 Å². The first-order valence-electron chi connectivity index (χ1n) is 6.69. The summed E-state index contributed by atoms with van der Waals surface area (Å²) < 4.78 is 5.11. The molecule has 0 aliphatic carbocycles. The van der Waals surface area contributed by atoms with Crippen molar-refractivity contribution >= 4 is 5.91 Å². The molecule has 0 spiro atoms. The molecule has 0 unspecified atom stereocenters. The standard InChI is InChI=1S/C15H24N2O2/c1-11(2)16-10-9-15(18)17-12(3)13-5-7-14(19-4)8-6-13/h5-8,11-12,16H,9-10H2,1-4H3,(H,17,18)/t12-/m1/s1. The lowest BCUT2D eigenvalue weighted by Gasteiger charge is -2.15. The summed E-state index contributed by atoms with van der Waals surface area (Å²) in [5.74, 6) is 0.889. The van der Waals surface area contributed by atoms with Crippen molar-refractivity contribution in [3.63, 3.8) is 0 Å². The zero-order chi connectivity index (χ0) is 14.3. The van der Waals surface area contributed by atoms with Crippen molar-refractivity contribution in [3.8, 4) is 5.75 Å². The molecule has 0 aromatic heterocycles. The van der Waals surface area contributed by atoms with Gasteiger partial charge in [-0.1, -0.05) is 26.0 Å². The summed E-state index contributed by atoms with van der Waals surface area (Å²) >= 11 is 0. The Morgan fingerprint density at radius 3 is 2.37 bits per heavy atom. The van der Waals surface area contributed by atoms with E-state index < -0.39 is 0 Å². The van der Waals surface area contributed by atoms with Crippen LogP contribution < -0.4 is 15.4 Å². The Morgan fingerprint density at radius 1 is 1.21 bits per heavy atom. The summed E-state index contributed by atoms with van der Waals surface area (Å²) in [5, 5.41) is 6.21. The first-order valence-corrected chi connectivity index (χ1v) is 6.69.